The molecule has 1 unspecified atom stereocenters. The van der Waals surface area contributed by atoms with Crippen LogP contribution in [0.4, 0.5) is 0 Å². The maximum atomic E-state index is 12.3. The van der Waals surface area contributed by atoms with Crippen LogP contribution in [-0.2, 0) is 6.54 Å². The van der Waals surface area contributed by atoms with Gasteiger partial charge in [0, 0.05) is 17.5 Å². The van der Waals surface area contributed by atoms with Gasteiger partial charge in [0.15, 0.2) is 0 Å². The number of hydrogen-bond acceptors (Lipinski definition) is 5. The molecule has 1 heterocycles. The zero-order chi connectivity index (χ0) is 15.9. The molecule has 126 valence electrons. The average molecular weight is 356 g/mol. The number of nitrogens with two attached hydrogens (primary N) is 1. The third-order valence-corrected chi connectivity index (χ3v) is 4.14. The van der Waals surface area contributed by atoms with Gasteiger partial charge in [-0.25, -0.2) is 4.98 Å². The molecule has 3 N–H and O–H groups in total. The number of carbonyl (C=O) groups is 1. The lowest BCUT2D eigenvalue weighted by molar-refractivity contribution is 0.0930. The van der Waals surface area contributed by atoms with Crippen molar-refractivity contribution < 1.29 is 9.53 Å². The van der Waals surface area contributed by atoms with Crippen molar-refractivity contribution >= 4 is 29.7 Å². The highest BCUT2D eigenvalue weighted by Gasteiger charge is 2.19. The molecule has 2 aromatic rings. The van der Waals surface area contributed by atoms with E-state index in [2.05, 4.69) is 10.3 Å². The summed E-state index contributed by atoms with van der Waals surface area (Å²) in [5.74, 6) is 0.618. The number of hydrogen-bond donors (Lipinski definition) is 2. The molecule has 7 heteroatoms. The van der Waals surface area contributed by atoms with Gasteiger partial charge in [0.25, 0.3) is 5.91 Å². The van der Waals surface area contributed by atoms with Crippen molar-refractivity contribution in [1.29, 1.82) is 0 Å². The van der Waals surface area contributed by atoms with E-state index in [0.717, 1.165) is 22.7 Å². The minimum Gasteiger partial charge on any atom is -0.494 e. The molecular formula is C16H22ClN3O2S. The largest absolute Gasteiger partial charge is 0.494 e. The predicted molar refractivity (Wildman–Crippen MR) is 95.4 cm³/mol. The van der Waals surface area contributed by atoms with Crippen LogP contribution in [0.15, 0.2) is 29.6 Å². The van der Waals surface area contributed by atoms with Crippen molar-refractivity contribution in [3.05, 3.63) is 45.9 Å². The Labute approximate surface area is 146 Å². The van der Waals surface area contributed by atoms with Crippen molar-refractivity contribution in [2.75, 3.05) is 6.61 Å². The van der Waals surface area contributed by atoms with E-state index < -0.39 is 0 Å². The average Bonchev–Trinajstić information content (AvgIpc) is 3.03. The normalized spacial score (nSPS) is 11.4. The molecule has 0 bridgehead atoms. The van der Waals surface area contributed by atoms with Crippen LogP contribution in [0.2, 0.25) is 0 Å². The zero-order valence-electron chi connectivity index (χ0n) is 13.2. The molecule has 1 amide bonds. The number of benzene rings is 1. The summed E-state index contributed by atoms with van der Waals surface area (Å²) in [5.41, 5.74) is 6.93. The van der Waals surface area contributed by atoms with Crippen LogP contribution in [0.1, 0.15) is 47.4 Å². The topological polar surface area (TPSA) is 77.2 Å². The van der Waals surface area contributed by atoms with Gasteiger partial charge >= 0.3 is 0 Å². The second-order valence-electron chi connectivity index (χ2n) is 4.74. The van der Waals surface area contributed by atoms with Gasteiger partial charge in [0.2, 0.25) is 0 Å². The summed E-state index contributed by atoms with van der Waals surface area (Å²) in [4.78, 5) is 16.6. The number of rotatable bonds is 7. The van der Waals surface area contributed by atoms with Gasteiger partial charge in [-0.3, -0.25) is 4.79 Å². The Balaban J connectivity index is 0.00000264. The molecule has 0 saturated heterocycles. The first-order chi connectivity index (χ1) is 10.7. The Bertz CT molecular complexity index is 633. The Kier molecular flexibility index (Phi) is 8.02. The Morgan fingerprint density at radius 3 is 2.74 bits per heavy atom. The smallest absolute Gasteiger partial charge is 0.271 e. The van der Waals surface area contributed by atoms with E-state index in [1.54, 1.807) is 5.38 Å². The lowest BCUT2D eigenvalue weighted by atomic mass is 10.0. The highest BCUT2D eigenvalue weighted by molar-refractivity contribution is 7.09. The Hall–Kier alpha value is -1.63. The fourth-order valence-electron chi connectivity index (χ4n) is 2.20. The van der Waals surface area contributed by atoms with E-state index in [0.29, 0.717) is 18.8 Å². The molecule has 0 aliphatic carbocycles. The molecule has 1 aromatic heterocycles. The van der Waals surface area contributed by atoms with Crippen molar-refractivity contribution in [1.82, 2.24) is 10.3 Å². The number of thiazole rings is 1. The zero-order valence-corrected chi connectivity index (χ0v) is 14.9. The van der Waals surface area contributed by atoms with E-state index in [-0.39, 0.29) is 24.4 Å². The number of para-hydroxylation sites is 1. The molecule has 0 aliphatic rings. The molecule has 0 fully saturated rings. The van der Waals surface area contributed by atoms with Crippen LogP contribution < -0.4 is 15.8 Å². The molecule has 23 heavy (non-hydrogen) atoms. The number of carbonyl (C=O) groups excluding carboxylic acids is 1. The summed E-state index contributed by atoms with van der Waals surface area (Å²) >= 11 is 1.40. The summed E-state index contributed by atoms with van der Waals surface area (Å²) in [5, 5.41) is 5.51. The highest BCUT2D eigenvalue weighted by atomic mass is 35.5. The molecule has 0 spiro atoms. The van der Waals surface area contributed by atoms with E-state index in [1.807, 2.05) is 38.1 Å². The van der Waals surface area contributed by atoms with Crippen molar-refractivity contribution in [2.24, 2.45) is 5.73 Å². The maximum Gasteiger partial charge on any atom is 0.271 e. The van der Waals surface area contributed by atoms with Crippen LogP contribution >= 0.6 is 23.7 Å². The number of nitrogens with zero attached hydrogens (tertiary/aromatic N) is 1. The van der Waals surface area contributed by atoms with Crippen LogP contribution in [0.25, 0.3) is 0 Å². The fourth-order valence-corrected chi connectivity index (χ4v) is 2.85. The maximum absolute atomic E-state index is 12.3. The van der Waals surface area contributed by atoms with E-state index in [4.69, 9.17) is 10.5 Å². The molecule has 1 aromatic carbocycles. The summed E-state index contributed by atoms with van der Waals surface area (Å²) in [6.07, 6.45) is 0.768. The van der Waals surface area contributed by atoms with Crippen LogP contribution in [0.5, 0.6) is 5.75 Å². The van der Waals surface area contributed by atoms with Gasteiger partial charge in [-0.2, -0.15) is 0 Å². The van der Waals surface area contributed by atoms with Gasteiger partial charge in [-0.15, -0.1) is 23.7 Å². The first-order valence-corrected chi connectivity index (χ1v) is 8.24. The summed E-state index contributed by atoms with van der Waals surface area (Å²) < 4.78 is 5.65. The second kappa shape index (κ2) is 9.50. The predicted octanol–water partition coefficient (Wildman–Crippen LogP) is 3.30. The number of aromatic nitrogens is 1. The summed E-state index contributed by atoms with van der Waals surface area (Å²) in [7, 11) is 0. The third kappa shape index (κ3) is 4.92. The van der Waals surface area contributed by atoms with Gasteiger partial charge < -0.3 is 15.8 Å². The minimum atomic E-state index is -0.186. The van der Waals surface area contributed by atoms with Crippen LogP contribution in [0, 0.1) is 0 Å². The molecular weight excluding hydrogens is 334 g/mol. The molecule has 0 saturated carbocycles. The molecule has 5 nitrogen and oxygen atoms in total. The van der Waals surface area contributed by atoms with E-state index in [1.165, 1.54) is 11.3 Å². The number of halogens is 1. The first kappa shape index (κ1) is 19.4. The Morgan fingerprint density at radius 1 is 1.39 bits per heavy atom. The SMILES string of the molecule is CCOc1ccccc1C(CC)NC(=O)c1csc(CN)n1.Cl. The lowest BCUT2D eigenvalue weighted by Crippen LogP contribution is -2.28. The van der Waals surface area contributed by atoms with Crippen molar-refractivity contribution in [2.45, 2.75) is 32.9 Å². The Morgan fingerprint density at radius 2 is 2.13 bits per heavy atom. The molecule has 0 aliphatic heterocycles. The number of ether oxygens (including phenoxy) is 1. The van der Waals surface area contributed by atoms with Gasteiger partial charge in [-0.05, 0) is 19.4 Å². The summed E-state index contributed by atoms with van der Waals surface area (Å²) in [6, 6.07) is 7.66. The monoisotopic (exact) mass is 355 g/mol. The number of nitrogens with one attached hydrogen (secondary N) is 1. The lowest BCUT2D eigenvalue weighted by Gasteiger charge is -2.20. The second-order valence-corrected chi connectivity index (χ2v) is 5.68. The molecule has 0 radical (unpaired) electrons. The van der Waals surface area contributed by atoms with Gasteiger partial charge in [0.1, 0.15) is 16.5 Å². The van der Waals surface area contributed by atoms with E-state index in [9.17, 15) is 4.79 Å². The first-order valence-electron chi connectivity index (χ1n) is 7.36. The van der Waals surface area contributed by atoms with Crippen LogP contribution in [-0.4, -0.2) is 17.5 Å². The van der Waals surface area contributed by atoms with Gasteiger partial charge in [-0.1, -0.05) is 25.1 Å². The van der Waals surface area contributed by atoms with Gasteiger partial charge in [0.05, 0.1) is 12.6 Å². The van der Waals surface area contributed by atoms with Crippen LogP contribution in [0.3, 0.4) is 0 Å². The fraction of sp³-hybridized carbons (Fsp3) is 0.375. The van der Waals surface area contributed by atoms with Crippen molar-refractivity contribution in [3.63, 3.8) is 0 Å². The third-order valence-electron chi connectivity index (χ3n) is 3.27. The van der Waals surface area contributed by atoms with E-state index >= 15 is 0 Å². The van der Waals surface area contributed by atoms with Crippen molar-refractivity contribution in [3.8, 4) is 5.75 Å². The quantitative estimate of drug-likeness (QED) is 0.798. The molecule has 2 rings (SSSR count). The molecule has 1 atom stereocenters. The summed E-state index contributed by atoms with van der Waals surface area (Å²) in [6.45, 7) is 4.91. The highest BCUT2D eigenvalue weighted by Crippen LogP contribution is 2.27. The number of amides is 1. The standard InChI is InChI=1S/C16H21N3O2S.ClH/c1-3-12(11-7-5-6-8-14(11)21-4-2)19-16(20)13-10-22-15(9-17)18-13;/h5-8,10,12H,3-4,9,17H2,1-2H3,(H,19,20);1H. The minimum absolute atomic E-state index is 0.